The lowest BCUT2D eigenvalue weighted by atomic mass is 10.1. The molecule has 0 atom stereocenters. The number of anilines is 1. The zero-order valence-electron chi connectivity index (χ0n) is 11.5. The first-order chi connectivity index (χ1) is 10.1. The molecule has 0 saturated carbocycles. The van der Waals surface area contributed by atoms with Crippen molar-refractivity contribution in [1.82, 2.24) is 0 Å². The van der Waals surface area contributed by atoms with Crippen LogP contribution in [0.3, 0.4) is 0 Å². The van der Waals surface area contributed by atoms with E-state index in [-0.39, 0.29) is 11.5 Å². The number of nitrogens with one attached hydrogen (secondary N) is 1. The Hall–Kier alpha value is -1.72. The number of halogens is 2. The summed E-state index contributed by atoms with van der Waals surface area (Å²) < 4.78 is 19.2. The van der Waals surface area contributed by atoms with Gasteiger partial charge in [0.25, 0.3) is 5.91 Å². The fourth-order valence-corrected chi connectivity index (χ4v) is 2.32. The highest BCUT2D eigenvalue weighted by Crippen LogP contribution is 2.19. The molecule has 2 aromatic carbocycles. The molecule has 0 aromatic heterocycles. The Morgan fingerprint density at radius 3 is 2.76 bits per heavy atom. The normalized spacial score (nSPS) is 10.4. The van der Waals surface area contributed by atoms with Gasteiger partial charge in [-0.05, 0) is 31.2 Å². The second kappa shape index (κ2) is 7.33. The number of para-hydroxylation sites is 1. The number of rotatable bonds is 5. The molecule has 0 unspecified atom stereocenters. The molecule has 2 aromatic rings. The Bertz CT molecular complexity index is 626. The van der Waals surface area contributed by atoms with Crippen molar-refractivity contribution in [1.29, 1.82) is 0 Å². The topological polar surface area (TPSA) is 38.3 Å². The van der Waals surface area contributed by atoms with Crippen LogP contribution in [0.2, 0.25) is 0 Å². The summed E-state index contributed by atoms with van der Waals surface area (Å²) in [6.07, 6.45) is 0. The maximum absolute atomic E-state index is 13.3. The SMILES string of the molecule is CCOCc1ccccc1NC(=O)c1cc(F)cc(Br)c1. The summed E-state index contributed by atoms with van der Waals surface area (Å²) in [5.74, 6) is -0.823. The monoisotopic (exact) mass is 351 g/mol. The molecule has 2 rings (SSSR count). The molecule has 0 fully saturated rings. The third-order valence-corrected chi connectivity index (χ3v) is 3.31. The van der Waals surface area contributed by atoms with Gasteiger partial charge in [0.2, 0.25) is 0 Å². The van der Waals surface area contributed by atoms with E-state index in [4.69, 9.17) is 4.74 Å². The minimum atomic E-state index is -0.461. The highest BCUT2D eigenvalue weighted by Gasteiger charge is 2.11. The van der Waals surface area contributed by atoms with Crippen molar-refractivity contribution in [2.75, 3.05) is 11.9 Å². The van der Waals surface area contributed by atoms with Gasteiger partial charge in [0.15, 0.2) is 0 Å². The van der Waals surface area contributed by atoms with Crippen molar-refractivity contribution in [2.45, 2.75) is 13.5 Å². The number of carbonyl (C=O) groups excluding carboxylic acids is 1. The molecule has 21 heavy (non-hydrogen) atoms. The minimum Gasteiger partial charge on any atom is -0.377 e. The number of benzene rings is 2. The summed E-state index contributed by atoms with van der Waals surface area (Å²) >= 11 is 3.18. The Labute approximate surface area is 131 Å². The molecule has 0 saturated heterocycles. The van der Waals surface area contributed by atoms with Crippen molar-refractivity contribution in [3.05, 3.63) is 63.9 Å². The molecule has 0 aliphatic carbocycles. The minimum absolute atomic E-state index is 0.257. The average Bonchev–Trinajstić information content (AvgIpc) is 2.45. The Kier molecular flexibility index (Phi) is 5.47. The van der Waals surface area contributed by atoms with Gasteiger partial charge < -0.3 is 10.1 Å². The average molecular weight is 352 g/mol. The first-order valence-electron chi connectivity index (χ1n) is 6.53. The molecule has 0 heterocycles. The van der Waals surface area contributed by atoms with Crippen molar-refractivity contribution >= 4 is 27.5 Å². The fourth-order valence-electron chi connectivity index (χ4n) is 1.86. The lowest BCUT2D eigenvalue weighted by Gasteiger charge is -2.11. The number of carbonyl (C=O) groups is 1. The highest BCUT2D eigenvalue weighted by atomic mass is 79.9. The van der Waals surface area contributed by atoms with Crippen LogP contribution in [0.5, 0.6) is 0 Å². The van der Waals surface area contributed by atoms with Gasteiger partial charge in [0, 0.05) is 27.9 Å². The molecule has 0 aliphatic heterocycles. The molecule has 1 amide bonds. The van der Waals surface area contributed by atoms with Crippen LogP contribution >= 0.6 is 15.9 Å². The Morgan fingerprint density at radius 2 is 2.05 bits per heavy atom. The quantitative estimate of drug-likeness (QED) is 0.868. The van der Waals surface area contributed by atoms with Crippen LogP contribution in [0.4, 0.5) is 10.1 Å². The summed E-state index contributed by atoms with van der Waals surface area (Å²) in [5.41, 5.74) is 1.80. The molecule has 0 aliphatic rings. The highest BCUT2D eigenvalue weighted by molar-refractivity contribution is 9.10. The zero-order valence-corrected chi connectivity index (χ0v) is 13.1. The summed E-state index contributed by atoms with van der Waals surface area (Å²) in [7, 11) is 0. The van der Waals surface area contributed by atoms with Crippen LogP contribution < -0.4 is 5.32 Å². The zero-order chi connectivity index (χ0) is 15.2. The van der Waals surface area contributed by atoms with Gasteiger partial charge >= 0.3 is 0 Å². The van der Waals surface area contributed by atoms with E-state index in [0.717, 1.165) is 5.56 Å². The Balaban J connectivity index is 2.19. The van der Waals surface area contributed by atoms with Gasteiger partial charge in [0.1, 0.15) is 5.82 Å². The van der Waals surface area contributed by atoms with Gasteiger partial charge in [0.05, 0.1) is 6.61 Å². The molecule has 3 nitrogen and oxygen atoms in total. The largest absolute Gasteiger partial charge is 0.377 e. The Morgan fingerprint density at radius 1 is 1.29 bits per heavy atom. The molecule has 0 radical (unpaired) electrons. The summed E-state index contributed by atoms with van der Waals surface area (Å²) in [5, 5.41) is 2.78. The molecule has 110 valence electrons. The van der Waals surface area contributed by atoms with Crippen molar-refractivity contribution in [2.24, 2.45) is 0 Å². The lowest BCUT2D eigenvalue weighted by Crippen LogP contribution is -2.14. The maximum Gasteiger partial charge on any atom is 0.255 e. The van der Waals surface area contributed by atoms with Crippen LogP contribution in [0.15, 0.2) is 46.9 Å². The van der Waals surface area contributed by atoms with Crippen LogP contribution in [-0.4, -0.2) is 12.5 Å². The predicted octanol–water partition coefficient (Wildman–Crippen LogP) is 4.38. The van der Waals surface area contributed by atoms with Gasteiger partial charge in [-0.15, -0.1) is 0 Å². The predicted molar refractivity (Wildman–Crippen MR) is 83.8 cm³/mol. The smallest absolute Gasteiger partial charge is 0.255 e. The van der Waals surface area contributed by atoms with Crippen LogP contribution in [0.25, 0.3) is 0 Å². The van der Waals surface area contributed by atoms with Gasteiger partial charge in [-0.2, -0.15) is 0 Å². The van der Waals surface area contributed by atoms with E-state index in [0.29, 0.717) is 23.4 Å². The maximum atomic E-state index is 13.3. The summed E-state index contributed by atoms with van der Waals surface area (Å²) in [6, 6.07) is 11.5. The number of hydrogen-bond donors (Lipinski definition) is 1. The summed E-state index contributed by atoms with van der Waals surface area (Å²) in [6.45, 7) is 2.92. The standard InChI is InChI=1S/C16H15BrFNO2/c1-2-21-10-11-5-3-4-6-15(11)19-16(20)12-7-13(17)9-14(18)8-12/h3-9H,2,10H2,1H3,(H,19,20). The fraction of sp³-hybridized carbons (Fsp3) is 0.188. The second-order valence-electron chi connectivity index (χ2n) is 4.41. The molecule has 0 bridgehead atoms. The van der Waals surface area contributed by atoms with E-state index in [9.17, 15) is 9.18 Å². The first-order valence-corrected chi connectivity index (χ1v) is 7.32. The molecule has 0 spiro atoms. The van der Waals surface area contributed by atoms with Crippen molar-refractivity contribution in [3.8, 4) is 0 Å². The second-order valence-corrected chi connectivity index (χ2v) is 5.32. The van der Waals surface area contributed by atoms with E-state index < -0.39 is 5.82 Å². The van der Waals surface area contributed by atoms with Gasteiger partial charge in [-0.3, -0.25) is 4.79 Å². The van der Waals surface area contributed by atoms with Crippen LogP contribution in [0, 0.1) is 5.82 Å². The van der Waals surface area contributed by atoms with E-state index in [1.54, 1.807) is 12.1 Å². The summed E-state index contributed by atoms with van der Waals surface area (Å²) in [4.78, 5) is 12.2. The van der Waals surface area contributed by atoms with Crippen molar-refractivity contribution < 1.29 is 13.9 Å². The van der Waals surface area contributed by atoms with Gasteiger partial charge in [-0.25, -0.2) is 4.39 Å². The van der Waals surface area contributed by atoms with Gasteiger partial charge in [-0.1, -0.05) is 34.1 Å². The lowest BCUT2D eigenvalue weighted by molar-refractivity contribution is 0.102. The molecular weight excluding hydrogens is 337 g/mol. The van der Waals surface area contributed by atoms with E-state index in [1.165, 1.54) is 12.1 Å². The van der Waals surface area contributed by atoms with E-state index in [2.05, 4.69) is 21.2 Å². The van der Waals surface area contributed by atoms with Crippen LogP contribution in [0.1, 0.15) is 22.8 Å². The number of ether oxygens (including phenoxy) is 1. The third-order valence-electron chi connectivity index (χ3n) is 2.85. The molecule has 5 heteroatoms. The molecular formula is C16H15BrFNO2. The van der Waals surface area contributed by atoms with E-state index >= 15 is 0 Å². The third kappa shape index (κ3) is 4.37. The first kappa shape index (κ1) is 15.7. The van der Waals surface area contributed by atoms with E-state index in [1.807, 2.05) is 25.1 Å². The van der Waals surface area contributed by atoms with Crippen molar-refractivity contribution in [3.63, 3.8) is 0 Å². The number of hydrogen-bond acceptors (Lipinski definition) is 2. The molecule has 1 N–H and O–H groups in total. The van der Waals surface area contributed by atoms with Crippen LogP contribution in [-0.2, 0) is 11.3 Å². The number of amides is 1.